The summed E-state index contributed by atoms with van der Waals surface area (Å²) in [5.74, 6) is 1.01. The van der Waals surface area contributed by atoms with E-state index in [1.807, 2.05) is 0 Å². The van der Waals surface area contributed by atoms with Crippen LogP contribution >= 0.6 is 0 Å². The van der Waals surface area contributed by atoms with Gasteiger partial charge in [0.2, 0.25) is 5.89 Å². The van der Waals surface area contributed by atoms with Crippen LogP contribution in [-0.4, -0.2) is 10.2 Å². The van der Waals surface area contributed by atoms with Crippen LogP contribution in [0.25, 0.3) is 11.5 Å². The van der Waals surface area contributed by atoms with Crippen LogP contribution in [-0.2, 0) is 0 Å². The molecule has 0 aromatic carbocycles. The molecule has 1 radical (unpaired) electrons. The molecule has 0 saturated carbocycles. The van der Waals surface area contributed by atoms with Gasteiger partial charge in [0.1, 0.15) is 6.26 Å². The summed E-state index contributed by atoms with van der Waals surface area (Å²) in [5.41, 5.74) is 0.755. The molecule has 0 spiro atoms. The second-order valence-corrected chi connectivity index (χ2v) is 2.08. The fraction of sp³-hybridized carbons (Fsp3) is 0.143. The Morgan fingerprint density at radius 1 is 1.45 bits per heavy atom. The van der Waals surface area contributed by atoms with Crippen LogP contribution in [0.4, 0.5) is 0 Å². The van der Waals surface area contributed by atoms with Crippen LogP contribution in [0.15, 0.2) is 21.2 Å². The third kappa shape index (κ3) is 1.02. The molecule has 0 atom stereocenters. The van der Waals surface area contributed by atoms with Crippen molar-refractivity contribution in [2.45, 2.75) is 6.92 Å². The second-order valence-electron chi connectivity index (χ2n) is 2.08. The quantitative estimate of drug-likeness (QED) is 0.615. The molecule has 0 N–H and O–H groups in total. The topological polar surface area (TPSA) is 52.1 Å². The highest BCUT2D eigenvalue weighted by atomic mass is 16.4. The average molecular weight is 149 g/mol. The highest BCUT2D eigenvalue weighted by Gasteiger charge is 2.05. The lowest BCUT2D eigenvalue weighted by Gasteiger charge is -1.81. The molecule has 4 nitrogen and oxygen atoms in total. The molecule has 0 amide bonds. The van der Waals surface area contributed by atoms with E-state index in [2.05, 4.69) is 16.5 Å². The van der Waals surface area contributed by atoms with Crippen molar-refractivity contribution in [2.75, 3.05) is 0 Å². The summed E-state index contributed by atoms with van der Waals surface area (Å²) in [4.78, 5) is 0. The lowest BCUT2D eigenvalue weighted by atomic mass is 10.3. The van der Waals surface area contributed by atoms with E-state index in [-0.39, 0.29) is 0 Å². The first-order valence-electron chi connectivity index (χ1n) is 3.11. The van der Waals surface area contributed by atoms with E-state index in [9.17, 15) is 0 Å². The van der Waals surface area contributed by atoms with Crippen LogP contribution in [0, 0.1) is 13.2 Å². The summed E-state index contributed by atoms with van der Waals surface area (Å²) >= 11 is 0. The van der Waals surface area contributed by atoms with Gasteiger partial charge in [0.15, 0.2) is 6.26 Å². The van der Waals surface area contributed by atoms with Crippen LogP contribution in [0.5, 0.6) is 0 Å². The Morgan fingerprint density at radius 3 is 2.91 bits per heavy atom. The molecular weight excluding hydrogens is 144 g/mol. The Labute approximate surface area is 62.8 Å². The van der Waals surface area contributed by atoms with E-state index in [4.69, 9.17) is 8.83 Å². The van der Waals surface area contributed by atoms with E-state index in [1.165, 1.54) is 6.26 Å². The Kier molecular flexibility index (Phi) is 1.25. The summed E-state index contributed by atoms with van der Waals surface area (Å²) in [6, 6.07) is 1.65. The Hall–Kier alpha value is -1.58. The predicted octanol–water partition coefficient (Wildman–Crippen LogP) is 1.44. The largest absolute Gasteiger partial charge is 0.460 e. The summed E-state index contributed by atoms with van der Waals surface area (Å²) in [6.45, 7) is 1.74. The Morgan fingerprint density at radius 2 is 2.36 bits per heavy atom. The third-order valence-corrected chi connectivity index (χ3v) is 1.24. The van der Waals surface area contributed by atoms with Crippen molar-refractivity contribution < 1.29 is 8.83 Å². The fourth-order valence-electron chi connectivity index (χ4n) is 0.754. The molecule has 0 unspecified atom stereocenters. The van der Waals surface area contributed by atoms with Crippen LogP contribution in [0.3, 0.4) is 0 Å². The van der Waals surface area contributed by atoms with Gasteiger partial charge >= 0.3 is 0 Å². The summed E-state index contributed by atoms with van der Waals surface area (Å²) in [5, 5.41) is 7.46. The first kappa shape index (κ1) is 6.15. The number of hydrogen-bond donors (Lipinski definition) is 0. The normalized spacial score (nSPS) is 10.3. The summed E-state index contributed by atoms with van der Waals surface area (Å²) in [6.07, 6.45) is 4.04. The molecule has 2 rings (SSSR count). The molecule has 0 aliphatic heterocycles. The van der Waals surface area contributed by atoms with Crippen LogP contribution < -0.4 is 0 Å². The van der Waals surface area contributed by atoms with Gasteiger partial charge in [-0.15, -0.1) is 10.2 Å². The number of nitrogens with zero attached hydrogens (tertiary/aromatic N) is 2. The molecule has 55 valence electrons. The number of aryl methyl sites for hydroxylation is 1. The number of rotatable bonds is 1. The van der Waals surface area contributed by atoms with Gasteiger partial charge in [-0.3, -0.25) is 0 Å². The van der Waals surface area contributed by atoms with Gasteiger partial charge in [0, 0.05) is 13.0 Å². The molecule has 0 fully saturated rings. The molecule has 0 bridgehead atoms. The zero-order chi connectivity index (χ0) is 7.68. The molecule has 0 aliphatic carbocycles. The predicted molar refractivity (Wildman–Crippen MR) is 35.6 cm³/mol. The van der Waals surface area contributed by atoms with Crippen LogP contribution in [0.1, 0.15) is 5.89 Å². The van der Waals surface area contributed by atoms with E-state index < -0.39 is 0 Å². The standard InChI is InChI=1S/C7H5N2O2/c1-5-8-9-7(11-5)6-2-3-10-4-6/h2,4H,1H3. The number of hydrogen-bond acceptors (Lipinski definition) is 4. The first-order valence-corrected chi connectivity index (χ1v) is 3.11. The van der Waals surface area contributed by atoms with Gasteiger partial charge in [0.25, 0.3) is 5.89 Å². The summed E-state index contributed by atoms with van der Waals surface area (Å²) < 4.78 is 9.85. The van der Waals surface area contributed by atoms with E-state index in [1.54, 1.807) is 13.0 Å². The Balaban J connectivity index is 2.45. The van der Waals surface area contributed by atoms with Crippen molar-refractivity contribution in [3.8, 4) is 11.5 Å². The van der Waals surface area contributed by atoms with E-state index in [0.717, 1.165) is 5.56 Å². The van der Waals surface area contributed by atoms with Gasteiger partial charge in [-0.2, -0.15) is 0 Å². The van der Waals surface area contributed by atoms with Crippen molar-refractivity contribution in [1.82, 2.24) is 10.2 Å². The minimum atomic E-state index is 0.465. The SMILES string of the molecule is Cc1nnc(-c2c[c]oc2)o1. The molecule has 11 heavy (non-hydrogen) atoms. The molecule has 2 heterocycles. The van der Waals surface area contributed by atoms with Gasteiger partial charge < -0.3 is 8.83 Å². The maximum absolute atomic E-state index is 5.13. The van der Waals surface area contributed by atoms with Gasteiger partial charge in [-0.1, -0.05) is 0 Å². The highest BCUT2D eigenvalue weighted by molar-refractivity contribution is 5.49. The van der Waals surface area contributed by atoms with Gasteiger partial charge in [0.05, 0.1) is 5.56 Å². The molecule has 0 aliphatic rings. The van der Waals surface area contributed by atoms with Crippen molar-refractivity contribution in [3.63, 3.8) is 0 Å². The highest BCUT2D eigenvalue weighted by Crippen LogP contribution is 2.16. The van der Waals surface area contributed by atoms with Gasteiger partial charge in [-0.05, 0) is 0 Å². The zero-order valence-electron chi connectivity index (χ0n) is 5.87. The minimum absolute atomic E-state index is 0.465. The van der Waals surface area contributed by atoms with Crippen molar-refractivity contribution in [2.24, 2.45) is 0 Å². The molecule has 0 saturated heterocycles. The van der Waals surface area contributed by atoms with E-state index in [0.29, 0.717) is 11.8 Å². The Bertz CT molecular complexity index is 337. The minimum Gasteiger partial charge on any atom is -0.460 e. The van der Waals surface area contributed by atoms with Crippen molar-refractivity contribution >= 4 is 0 Å². The fourth-order valence-corrected chi connectivity index (χ4v) is 0.754. The maximum atomic E-state index is 5.13. The zero-order valence-corrected chi connectivity index (χ0v) is 5.87. The molecule has 2 aromatic heterocycles. The van der Waals surface area contributed by atoms with Crippen LogP contribution in [0.2, 0.25) is 0 Å². The monoisotopic (exact) mass is 149 g/mol. The second kappa shape index (κ2) is 2.23. The van der Waals surface area contributed by atoms with Crippen molar-refractivity contribution in [1.29, 1.82) is 0 Å². The smallest absolute Gasteiger partial charge is 0.250 e. The lowest BCUT2D eigenvalue weighted by Crippen LogP contribution is -1.71. The molecular formula is C7H5N2O2. The number of furan rings is 1. The average Bonchev–Trinajstić information content (AvgIpc) is 2.55. The van der Waals surface area contributed by atoms with Crippen molar-refractivity contribution in [3.05, 3.63) is 24.5 Å². The van der Waals surface area contributed by atoms with Gasteiger partial charge in [-0.25, -0.2) is 0 Å². The summed E-state index contributed by atoms with van der Waals surface area (Å²) in [7, 11) is 0. The van der Waals surface area contributed by atoms with E-state index >= 15 is 0 Å². The maximum Gasteiger partial charge on any atom is 0.250 e. The molecule has 4 heteroatoms. The number of aromatic nitrogens is 2. The lowest BCUT2D eigenvalue weighted by molar-refractivity contribution is 0.528. The molecule has 2 aromatic rings. The first-order chi connectivity index (χ1) is 5.36. The third-order valence-electron chi connectivity index (χ3n) is 1.24.